The minimum Gasteiger partial charge on any atom is -0.367 e. The average Bonchev–Trinajstić information content (AvgIpc) is 2.49. The Labute approximate surface area is 123 Å². The van der Waals surface area contributed by atoms with Gasteiger partial charge in [0.25, 0.3) is 5.91 Å². The molecule has 3 nitrogen and oxygen atoms in total. The van der Waals surface area contributed by atoms with E-state index in [0.29, 0.717) is 0 Å². The second kappa shape index (κ2) is 7.12. The van der Waals surface area contributed by atoms with E-state index in [-0.39, 0.29) is 5.91 Å². The molecule has 0 radical (unpaired) electrons. The standard InChI is InChI=1S/C16H17NO2S/c1-19-15(12-8-4-3-5-9-12)16(18)17-13-10-6-7-11-14(13)20-2/h3-11,15H,1-2H3,(H,17,18)/t15-/m1/s1. The molecule has 0 saturated carbocycles. The molecular weight excluding hydrogens is 270 g/mol. The molecule has 0 aromatic heterocycles. The molecule has 1 N–H and O–H groups in total. The first-order valence-corrected chi connectivity index (χ1v) is 7.50. The smallest absolute Gasteiger partial charge is 0.258 e. The van der Waals surface area contributed by atoms with Crippen molar-refractivity contribution in [1.82, 2.24) is 0 Å². The lowest BCUT2D eigenvalue weighted by Crippen LogP contribution is -2.22. The van der Waals surface area contributed by atoms with Gasteiger partial charge in [0, 0.05) is 12.0 Å². The highest BCUT2D eigenvalue weighted by atomic mass is 32.2. The Morgan fingerprint density at radius 3 is 2.40 bits per heavy atom. The van der Waals surface area contributed by atoms with Crippen molar-refractivity contribution < 1.29 is 9.53 Å². The lowest BCUT2D eigenvalue weighted by molar-refractivity contribution is -0.126. The topological polar surface area (TPSA) is 38.3 Å². The maximum absolute atomic E-state index is 12.4. The van der Waals surface area contributed by atoms with E-state index in [0.717, 1.165) is 16.1 Å². The fraction of sp³-hybridized carbons (Fsp3) is 0.188. The van der Waals surface area contributed by atoms with E-state index in [4.69, 9.17) is 4.74 Å². The number of hydrogen-bond donors (Lipinski definition) is 1. The van der Waals surface area contributed by atoms with Gasteiger partial charge in [0.15, 0.2) is 6.10 Å². The van der Waals surface area contributed by atoms with E-state index in [2.05, 4.69) is 5.32 Å². The molecule has 2 aromatic carbocycles. The van der Waals surface area contributed by atoms with Gasteiger partial charge >= 0.3 is 0 Å². The number of thioether (sulfide) groups is 1. The average molecular weight is 287 g/mol. The molecule has 20 heavy (non-hydrogen) atoms. The zero-order valence-electron chi connectivity index (χ0n) is 11.5. The van der Waals surface area contributed by atoms with Crippen LogP contribution in [0.1, 0.15) is 11.7 Å². The van der Waals surface area contributed by atoms with Crippen molar-refractivity contribution in [2.24, 2.45) is 0 Å². The van der Waals surface area contributed by atoms with Gasteiger partial charge in [0.05, 0.1) is 5.69 Å². The summed E-state index contributed by atoms with van der Waals surface area (Å²) in [7, 11) is 1.54. The number of nitrogens with one attached hydrogen (secondary N) is 1. The first kappa shape index (κ1) is 14.6. The Morgan fingerprint density at radius 2 is 1.75 bits per heavy atom. The van der Waals surface area contributed by atoms with Crippen LogP contribution in [0.25, 0.3) is 0 Å². The predicted octanol–water partition coefficient (Wildman–Crippen LogP) is 3.73. The molecule has 2 aromatic rings. The predicted molar refractivity (Wildman–Crippen MR) is 83.0 cm³/mol. The molecule has 1 amide bonds. The molecule has 0 saturated heterocycles. The van der Waals surface area contributed by atoms with E-state index in [9.17, 15) is 4.79 Å². The highest BCUT2D eigenvalue weighted by Crippen LogP contribution is 2.26. The summed E-state index contributed by atoms with van der Waals surface area (Å²) < 4.78 is 5.33. The summed E-state index contributed by atoms with van der Waals surface area (Å²) >= 11 is 1.60. The molecule has 0 heterocycles. The van der Waals surface area contributed by atoms with Crippen LogP contribution < -0.4 is 5.32 Å². The van der Waals surface area contributed by atoms with Gasteiger partial charge in [0.2, 0.25) is 0 Å². The zero-order chi connectivity index (χ0) is 14.4. The van der Waals surface area contributed by atoms with Crippen molar-refractivity contribution in [3.8, 4) is 0 Å². The fourth-order valence-corrected chi connectivity index (χ4v) is 2.52. The summed E-state index contributed by atoms with van der Waals surface area (Å²) in [6.45, 7) is 0. The Morgan fingerprint density at radius 1 is 1.10 bits per heavy atom. The number of carbonyl (C=O) groups excluding carboxylic acids is 1. The van der Waals surface area contributed by atoms with Gasteiger partial charge in [0.1, 0.15) is 0 Å². The second-order valence-electron chi connectivity index (χ2n) is 4.22. The zero-order valence-corrected chi connectivity index (χ0v) is 12.3. The Kier molecular flexibility index (Phi) is 5.21. The molecule has 104 valence electrons. The largest absolute Gasteiger partial charge is 0.367 e. The van der Waals surface area contributed by atoms with Crippen LogP contribution in [0.5, 0.6) is 0 Å². The third kappa shape index (κ3) is 3.40. The molecule has 0 spiro atoms. The summed E-state index contributed by atoms with van der Waals surface area (Å²) in [6.07, 6.45) is 1.38. The van der Waals surface area contributed by atoms with Crippen LogP contribution >= 0.6 is 11.8 Å². The fourth-order valence-electron chi connectivity index (χ4n) is 1.97. The molecular formula is C16H17NO2S. The normalized spacial score (nSPS) is 11.9. The number of rotatable bonds is 5. The van der Waals surface area contributed by atoms with Crippen LogP contribution in [0.3, 0.4) is 0 Å². The number of carbonyl (C=O) groups is 1. The maximum atomic E-state index is 12.4. The molecule has 0 aliphatic rings. The third-order valence-electron chi connectivity index (χ3n) is 2.94. The van der Waals surface area contributed by atoms with Crippen LogP contribution in [0.15, 0.2) is 59.5 Å². The molecule has 1 atom stereocenters. The van der Waals surface area contributed by atoms with Crippen molar-refractivity contribution in [3.05, 3.63) is 60.2 Å². The Bertz CT molecular complexity index is 572. The Balaban J connectivity index is 2.18. The number of amides is 1. The number of ether oxygens (including phenoxy) is 1. The van der Waals surface area contributed by atoms with Crippen LogP contribution in [-0.4, -0.2) is 19.3 Å². The molecule has 0 fully saturated rings. The van der Waals surface area contributed by atoms with E-state index < -0.39 is 6.10 Å². The number of hydrogen-bond acceptors (Lipinski definition) is 3. The van der Waals surface area contributed by atoms with Gasteiger partial charge < -0.3 is 10.1 Å². The summed E-state index contributed by atoms with van der Waals surface area (Å²) in [4.78, 5) is 13.4. The highest BCUT2D eigenvalue weighted by molar-refractivity contribution is 7.98. The Hall–Kier alpha value is -1.78. The molecule has 4 heteroatoms. The summed E-state index contributed by atoms with van der Waals surface area (Å²) in [6, 6.07) is 17.2. The third-order valence-corrected chi connectivity index (χ3v) is 3.74. The molecule has 0 aliphatic carbocycles. The van der Waals surface area contributed by atoms with E-state index in [1.54, 1.807) is 11.8 Å². The van der Waals surface area contributed by atoms with E-state index in [1.165, 1.54) is 7.11 Å². The van der Waals surface area contributed by atoms with Gasteiger partial charge in [-0.1, -0.05) is 42.5 Å². The molecule has 0 aliphatic heterocycles. The van der Waals surface area contributed by atoms with Gasteiger partial charge in [-0.3, -0.25) is 4.79 Å². The summed E-state index contributed by atoms with van der Waals surface area (Å²) in [5.41, 5.74) is 1.65. The number of anilines is 1. The van der Waals surface area contributed by atoms with Gasteiger partial charge in [-0.15, -0.1) is 11.8 Å². The van der Waals surface area contributed by atoms with Gasteiger partial charge in [-0.05, 0) is 24.0 Å². The first-order valence-electron chi connectivity index (χ1n) is 6.28. The maximum Gasteiger partial charge on any atom is 0.258 e. The monoisotopic (exact) mass is 287 g/mol. The minimum atomic E-state index is -0.605. The van der Waals surface area contributed by atoms with Crippen LogP contribution in [0, 0.1) is 0 Å². The van der Waals surface area contributed by atoms with Crippen molar-refractivity contribution in [1.29, 1.82) is 0 Å². The van der Waals surface area contributed by atoms with Crippen molar-refractivity contribution in [2.45, 2.75) is 11.0 Å². The quantitative estimate of drug-likeness (QED) is 0.851. The summed E-state index contributed by atoms with van der Waals surface area (Å²) in [5.74, 6) is -0.166. The van der Waals surface area contributed by atoms with Crippen LogP contribution in [-0.2, 0) is 9.53 Å². The van der Waals surface area contributed by atoms with E-state index >= 15 is 0 Å². The molecule has 0 bridgehead atoms. The van der Waals surface area contributed by atoms with Crippen molar-refractivity contribution in [3.63, 3.8) is 0 Å². The lowest BCUT2D eigenvalue weighted by Gasteiger charge is -2.16. The number of benzene rings is 2. The van der Waals surface area contributed by atoms with Crippen LogP contribution in [0.2, 0.25) is 0 Å². The summed E-state index contributed by atoms with van der Waals surface area (Å²) in [5, 5.41) is 2.93. The molecule has 2 rings (SSSR count). The molecule has 0 unspecified atom stereocenters. The van der Waals surface area contributed by atoms with Crippen LogP contribution in [0.4, 0.5) is 5.69 Å². The second-order valence-corrected chi connectivity index (χ2v) is 5.06. The van der Waals surface area contributed by atoms with Gasteiger partial charge in [-0.2, -0.15) is 0 Å². The number of methoxy groups -OCH3 is 1. The first-order chi connectivity index (χ1) is 9.76. The SMILES string of the molecule is CO[C@@H](C(=O)Nc1ccccc1SC)c1ccccc1. The van der Waals surface area contributed by atoms with Crippen molar-refractivity contribution in [2.75, 3.05) is 18.7 Å². The van der Waals surface area contributed by atoms with Gasteiger partial charge in [-0.25, -0.2) is 0 Å². The van der Waals surface area contributed by atoms with Crippen molar-refractivity contribution >= 4 is 23.4 Å². The minimum absolute atomic E-state index is 0.166. The van der Waals surface area contributed by atoms with E-state index in [1.807, 2.05) is 60.9 Å². The lowest BCUT2D eigenvalue weighted by atomic mass is 10.1. The highest BCUT2D eigenvalue weighted by Gasteiger charge is 2.20. The number of para-hydroxylation sites is 1.